The fraction of sp³-hybridized carbons (Fsp3) is 0.440. The van der Waals surface area contributed by atoms with Gasteiger partial charge in [0.15, 0.2) is 5.78 Å². The summed E-state index contributed by atoms with van der Waals surface area (Å²) in [5.74, 6) is 0.167. The maximum Gasteiger partial charge on any atom is 0.223 e. The Morgan fingerprint density at radius 2 is 2.10 bits per heavy atom. The quantitative estimate of drug-likeness (QED) is 0.551. The number of Topliss-reactive ketones (excluding diaryl/α,β-unsaturated/α-hetero) is 1. The number of carbonyl (C=O) groups excluding carboxylic acids is 2. The van der Waals surface area contributed by atoms with Crippen molar-refractivity contribution in [2.75, 3.05) is 6.54 Å². The monoisotopic (exact) mass is 420 g/mol. The van der Waals surface area contributed by atoms with Gasteiger partial charge in [-0.25, -0.2) is 0 Å². The molecular formula is C25H28N2O2S. The van der Waals surface area contributed by atoms with E-state index in [1.807, 2.05) is 23.6 Å². The number of unbranched alkanes of at least 4 members (excludes halogenated alkanes) is 1. The van der Waals surface area contributed by atoms with Crippen LogP contribution in [0.4, 0.5) is 0 Å². The third-order valence-electron chi connectivity index (χ3n) is 7.15. The van der Waals surface area contributed by atoms with Gasteiger partial charge in [-0.3, -0.25) is 9.59 Å². The number of ketones is 1. The van der Waals surface area contributed by atoms with Gasteiger partial charge >= 0.3 is 0 Å². The molecule has 0 radical (unpaired) electrons. The summed E-state index contributed by atoms with van der Waals surface area (Å²) in [6.45, 7) is 4.97. The number of carbonyl (C=O) groups is 2. The third kappa shape index (κ3) is 2.71. The second-order valence-corrected chi connectivity index (χ2v) is 9.80. The van der Waals surface area contributed by atoms with Crippen LogP contribution in [-0.2, 0) is 16.8 Å². The number of amides is 1. The Bertz CT molecular complexity index is 1100. The van der Waals surface area contributed by atoms with Crippen molar-refractivity contribution in [3.63, 3.8) is 0 Å². The van der Waals surface area contributed by atoms with Crippen LogP contribution in [0.2, 0.25) is 0 Å². The number of H-pyrrole nitrogens is 1. The van der Waals surface area contributed by atoms with Crippen LogP contribution in [0.15, 0.2) is 41.8 Å². The highest BCUT2D eigenvalue weighted by molar-refractivity contribution is 7.12. The van der Waals surface area contributed by atoms with Gasteiger partial charge in [0.1, 0.15) is 0 Å². The Morgan fingerprint density at radius 3 is 2.87 bits per heavy atom. The first-order chi connectivity index (χ1) is 14.6. The van der Waals surface area contributed by atoms with Crippen LogP contribution in [0.25, 0.3) is 10.9 Å². The molecule has 2 aliphatic rings. The topological polar surface area (TPSA) is 53.2 Å². The molecule has 2 aromatic heterocycles. The fourth-order valence-corrected chi connectivity index (χ4v) is 6.65. The Morgan fingerprint density at radius 1 is 1.27 bits per heavy atom. The zero-order chi connectivity index (χ0) is 20.9. The molecule has 4 nitrogen and oxygen atoms in total. The number of rotatable bonds is 5. The third-order valence-corrected chi connectivity index (χ3v) is 8.04. The number of nitrogens with one attached hydrogen (secondary N) is 1. The van der Waals surface area contributed by atoms with E-state index in [0.29, 0.717) is 13.0 Å². The average molecular weight is 421 g/mol. The number of fused-ring (bicyclic) bond motifs is 5. The van der Waals surface area contributed by atoms with Gasteiger partial charge in [0, 0.05) is 29.6 Å². The molecule has 0 aliphatic carbocycles. The van der Waals surface area contributed by atoms with Crippen molar-refractivity contribution in [2.24, 2.45) is 11.8 Å². The summed E-state index contributed by atoms with van der Waals surface area (Å²) in [7, 11) is 0. The fourth-order valence-electron chi connectivity index (χ4n) is 5.94. The van der Waals surface area contributed by atoms with E-state index in [1.54, 1.807) is 0 Å². The zero-order valence-electron chi connectivity index (χ0n) is 17.6. The summed E-state index contributed by atoms with van der Waals surface area (Å²) in [5, 5.41) is 3.20. The number of piperidine rings is 1. The van der Waals surface area contributed by atoms with E-state index in [0.717, 1.165) is 41.8 Å². The summed E-state index contributed by atoms with van der Waals surface area (Å²) in [6.07, 6.45) is 4.13. The first kappa shape index (κ1) is 19.6. The molecule has 1 amide bonds. The highest BCUT2D eigenvalue weighted by atomic mass is 32.1. The highest BCUT2D eigenvalue weighted by Crippen LogP contribution is 2.53. The first-order valence-corrected chi connectivity index (χ1v) is 11.9. The summed E-state index contributed by atoms with van der Waals surface area (Å²) in [4.78, 5) is 33.7. The molecule has 1 N–H and O–H groups in total. The molecule has 30 heavy (non-hydrogen) atoms. The van der Waals surface area contributed by atoms with Gasteiger partial charge in [-0.1, -0.05) is 51.0 Å². The molecule has 1 aromatic carbocycles. The van der Waals surface area contributed by atoms with Crippen molar-refractivity contribution in [3.05, 3.63) is 57.9 Å². The lowest BCUT2D eigenvalue weighted by atomic mass is 9.62. The summed E-state index contributed by atoms with van der Waals surface area (Å²) >= 11 is 1.51. The lowest BCUT2D eigenvalue weighted by molar-refractivity contribution is -0.151. The van der Waals surface area contributed by atoms with E-state index in [-0.39, 0.29) is 23.5 Å². The van der Waals surface area contributed by atoms with E-state index in [2.05, 4.69) is 41.9 Å². The van der Waals surface area contributed by atoms with Crippen LogP contribution in [0.5, 0.6) is 0 Å². The largest absolute Gasteiger partial charge is 0.356 e. The van der Waals surface area contributed by atoms with Gasteiger partial charge in [-0.15, -0.1) is 11.3 Å². The molecule has 0 unspecified atom stereocenters. The number of hydrogen-bond acceptors (Lipinski definition) is 3. The average Bonchev–Trinajstić information content (AvgIpc) is 3.40. The molecule has 3 atom stereocenters. The summed E-state index contributed by atoms with van der Waals surface area (Å²) in [5.41, 5.74) is 2.92. The normalized spacial score (nSPS) is 25.9. The van der Waals surface area contributed by atoms with Gasteiger partial charge in [-0.05, 0) is 41.8 Å². The minimum atomic E-state index is -0.585. The van der Waals surface area contributed by atoms with Gasteiger partial charge < -0.3 is 9.88 Å². The van der Waals surface area contributed by atoms with Crippen molar-refractivity contribution in [1.82, 2.24) is 9.88 Å². The molecule has 3 aromatic rings. The van der Waals surface area contributed by atoms with Crippen molar-refractivity contribution >= 4 is 33.9 Å². The summed E-state index contributed by atoms with van der Waals surface area (Å²) < 4.78 is 0. The van der Waals surface area contributed by atoms with Crippen LogP contribution in [0, 0.1) is 11.8 Å². The SMILES string of the molecule is CCCC[C@]12c3[nH]c4ccccc4c3CCN1C(=O)C[C@H](C)[C@@H]2C(=O)c1cccs1. The highest BCUT2D eigenvalue weighted by Gasteiger charge is 2.58. The minimum Gasteiger partial charge on any atom is -0.356 e. The second-order valence-electron chi connectivity index (χ2n) is 8.85. The van der Waals surface area contributed by atoms with Gasteiger partial charge in [-0.2, -0.15) is 0 Å². The van der Waals surface area contributed by atoms with Crippen LogP contribution < -0.4 is 0 Å². The number of aromatic nitrogens is 1. The van der Waals surface area contributed by atoms with Crippen molar-refractivity contribution in [2.45, 2.75) is 51.5 Å². The van der Waals surface area contributed by atoms with E-state index in [4.69, 9.17) is 0 Å². The molecule has 4 heterocycles. The van der Waals surface area contributed by atoms with Gasteiger partial charge in [0.25, 0.3) is 0 Å². The Hall–Kier alpha value is -2.40. The van der Waals surface area contributed by atoms with Gasteiger partial charge in [0.05, 0.1) is 16.3 Å². The van der Waals surface area contributed by atoms with Crippen molar-refractivity contribution < 1.29 is 9.59 Å². The molecule has 5 heteroatoms. The number of benzene rings is 1. The van der Waals surface area contributed by atoms with Crippen molar-refractivity contribution in [3.8, 4) is 0 Å². The lowest BCUT2D eigenvalue weighted by Crippen LogP contribution is -2.64. The van der Waals surface area contributed by atoms with Crippen LogP contribution >= 0.6 is 11.3 Å². The molecule has 0 saturated carbocycles. The van der Waals surface area contributed by atoms with E-state index in [1.165, 1.54) is 22.3 Å². The molecule has 0 spiro atoms. The number of nitrogens with zero attached hydrogens (tertiary/aromatic N) is 1. The second kappa shape index (κ2) is 7.38. The first-order valence-electron chi connectivity index (χ1n) is 11.1. The predicted molar refractivity (Wildman–Crippen MR) is 121 cm³/mol. The molecule has 5 rings (SSSR count). The summed E-state index contributed by atoms with van der Waals surface area (Å²) in [6, 6.07) is 12.3. The predicted octanol–water partition coefficient (Wildman–Crippen LogP) is 5.54. The van der Waals surface area contributed by atoms with Crippen LogP contribution in [-0.4, -0.2) is 28.1 Å². The Balaban J connectivity index is 1.77. The molecule has 1 saturated heterocycles. The Labute approximate surface area is 181 Å². The maximum absolute atomic E-state index is 13.9. The van der Waals surface area contributed by atoms with E-state index >= 15 is 0 Å². The molecule has 1 fully saturated rings. The maximum atomic E-state index is 13.9. The van der Waals surface area contributed by atoms with E-state index < -0.39 is 5.54 Å². The molecule has 0 bridgehead atoms. The van der Waals surface area contributed by atoms with Crippen LogP contribution in [0.3, 0.4) is 0 Å². The van der Waals surface area contributed by atoms with Gasteiger partial charge in [0.2, 0.25) is 5.91 Å². The number of hydrogen-bond donors (Lipinski definition) is 1. The van der Waals surface area contributed by atoms with Crippen LogP contribution in [0.1, 0.15) is 60.5 Å². The number of thiophene rings is 1. The zero-order valence-corrected chi connectivity index (χ0v) is 18.4. The van der Waals surface area contributed by atoms with Crippen molar-refractivity contribution in [1.29, 1.82) is 0 Å². The smallest absolute Gasteiger partial charge is 0.223 e. The number of para-hydroxylation sites is 1. The molecule has 156 valence electrons. The minimum absolute atomic E-state index is 0.0116. The molecular weight excluding hydrogens is 392 g/mol. The standard InChI is InChI=1S/C25H28N2O2S/c1-3-4-12-25-22(23(29)20-10-7-14-30-20)16(2)15-21(28)27(25)13-11-18-17-8-5-6-9-19(17)26-24(18)25/h5-10,14,16,22,26H,3-4,11-13,15H2,1-2H3/t16-,22+,25-/m0/s1. The Kier molecular flexibility index (Phi) is 4.81. The van der Waals surface area contributed by atoms with E-state index in [9.17, 15) is 9.59 Å². The lowest BCUT2D eigenvalue weighted by Gasteiger charge is -2.55. The number of aromatic amines is 1. The molecule has 2 aliphatic heterocycles.